The fourth-order valence-electron chi connectivity index (χ4n) is 0.671. The molecule has 0 aromatic heterocycles. The summed E-state index contributed by atoms with van der Waals surface area (Å²) in [5.74, 6) is -1.19. The molecule has 0 amide bonds. The van der Waals surface area contributed by atoms with Crippen LogP contribution in [-0.4, -0.2) is 34.9 Å². The van der Waals surface area contributed by atoms with E-state index in [1.807, 2.05) is 0 Å². The first kappa shape index (κ1) is 14.4. The smallest absolute Gasteiger partial charge is 0.323 e. The van der Waals surface area contributed by atoms with Crippen molar-refractivity contribution in [1.29, 1.82) is 0 Å². The lowest BCUT2D eigenvalue weighted by Gasteiger charge is -2.13. The van der Waals surface area contributed by atoms with Gasteiger partial charge in [0.05, 0.1) is 6.10 Å². The summed E-state index contributed by atoms with van der Waals surface area (Å²) in [7, 11) is 0. The standard InChI is InChI=1S/C6H14N2O3.BrH/c7-3-1-2-4(9)5(8)6(10)11;/h4-5,9H,1-3,7-8H2,(H,10,11);1H. The Morgan fingerprint density at radius 2 is 2.00 bits per heavy atom. The largest absolute Gasteiger partial charge is 0.480 e. The van der Waals surface area contributed by atoms with Crippen molar-refractivity contribution in [2.45, 2.75) is 25.0 Å². The van der Waals surface area contributed by atoms with Crippen molar-refractivity contribution in [1.82, 2.24) is 0 Å². The van der Waals surface area contributed by atoms with E-state index in [-0.39, 0.29) is 17.0 Å². The zero-order chi connectivity index (χ0) is 8.85. The number of hydrogen-bond acceptors (Lipinski definition) is 4. The van der Waals surface area contributed by atoms with Gasteiger partial charge in [0, 0.05) is 0 Å². The van der Waals surface area contributed by atoms with E-state index in [2.05, 4.69) is 0 Å². The number of halogens is 1. The number of aliphatic hydroxyl groups excluding tert-OH is 1. The Balaban J connectivity index is 0. The molecule has 0 aromatic carbocycles. The summed E-state index contributed by atoms with van der Waals surface area (Å²) >= 11 is 0. The van der Waals surface area contributed by atoms with Crippen molar-refractivity contribution in [2.75, 3.05) is 6.54 Å². The number of aliphatic hydroxyl groups is 1. The van der Waals surface area contributed by atoms with Gasteiger partial charge in [0.15, 0.2) is 0 Å². The molecule has 12 heavy (non-hydrogen) atoms. The SMILES string of the molecule is Br.NCCCC(O)C(N)C(=O)O. The highest BCUT2D eigenvalue weighted by Gasteiger charge is 2.20. The third-order valence-electron chi connectivity index (χ3n) is 1.40. The van der Waals surface area contributed by atoms with E-state index in [0.29, 0.717) is 19.4 Å². The maximum atomic E-state index is 10.2. The van der Waals surface area contributed by atoms with E-state index in [4.69, 9.17) is 21.7 Å². The highest BCUT2D eigenvalue weighted by atomic mass is 79.9. The van der Waals surface area contributed by atoms with Crippen LogP contribution >= 0.6 is 17.0 Å². The summed E-state index contributed by atoms with van der Waals surface area (Å²) in [6.45, 7) is 0.434. The average molecular weight is 243 g/mol. The Labute approximate surface area is 81.5 Å². The zero-order valence-corrected chi connectivity index (χ0v) is 8.35. The number of hydrogen-bond donors (Lipinski definition) is 4. The molecule has 5 nitrogen and oxygen atoms in total. The summed E-state index contributed by atoms with van der Waals surface area (Å²) in [5, 5.41) is 17.4. The van der Waals surface area contributed by atoms with Crippen LogP contribution in [-0.2, 0) is 4.79 Å². The molecule has 0 bridgehead atoms. The van der Waals surface area contributed by atoms with Crippen LogP contribution in [0.15, 0.2) is 0 Å². The van der Waals surface area contributed by atoms with Crippen molar-refractivity contribution in [3.05, 3.63) is 0 Å². The van der Waals surface area contributed by atoms with E-state index in [0.717, 1.165) is 0 Å². The molecule has 2 unspecified atom stereocenters. The molecule has 0 fully saturated rings. The number of aliphatic carboxylic acids is 1. The predicted molar refractivity (Wildman–Crippen MR) is 50.2 cm³/mol. The molecule has 0 rings (SSSR count). The van der Waals surface area contributed by atoms with Crippen LogP contribution in [0.5, 0.6) is 0 Å². The van der Waals surface area contributed by atoms with Crippen molar-refractivity contribution in [2.24, 2.45) is 11.5 Å². The van der Waals surface area contributed by atoms with Crippen LogP contribution < -0.4 is 11.5 Å². The Morgan fingerprint density at radius 1 is 1.50 bits per heavy atom. The molecule has 0 aliphatic heterocycles. The van der Waals surface area contributed by atoms with Crippen LogP contribution in [0.1, 0.15) is 12.8 Å². The van der Waals surface area contributed by atoms with Gasteiger partial charge in [0.2, 0.25) is 0 Å². The lowest BCUT2D eigenvalue weighted by atomic mass is 10.1. The zero-order valence-electron chi connectivity index (χ0n) is 6.64. The summed E-state index contributed by atoms with van der Waals surface area (Å²) < 4.78 is 0. The van der Waals surface area contributed by atoms with Gasteiger partial charge in [-0.25, -0.2) is 0 Å². The Bertz CT molecular complexity index is 134. The van der Waals surface area contributed by atoms with Crippen molar-refractivity contribution in [3.63, 3.8) is 0 Å². The van der Waals surface area contributed by atoms with Crippen molar-refractivity contribution < 1.29 is 15.0 Å². The fourth-order valence-corrected chi connectivity index (χ4v) is 0.671. The third-order valence-corrected chi connectivity index (χ3v) is 1.40. The quantitative estimate of drug-likeness (QED) is 0.499. The number of carbonyl (C=O) groups is 1. The van der Waals surface area contributed by atoms with E-state index in [1.165, 1.54) is 0 Å². The summed E-state index contributed by atoms with van der Waals surface area (Å²) in [5.41, 5.74) is 10.3. The Morgan fingerprint density at radius 3 is 2.33 bits per heavy atom. The molecule has 0 saturated carbocycles. The topological polar surface area (TPSA) is 110 Å². The monoisotopic (exact) mass is 242 g/mol. The Kier molecular flexibility index (Phi) is 8.95. The normalized spacial score (nSPS) is 14.6. The first-order valence-electron chi connectivity index (χ1n) is 3.46. The van der Waals surface area contributed by atoms with E-state index in [1.54, 1.807) is 0 Å². The highest BCUT2D eigenvalue weighted by molar-refractivity contribution is 8.93. The van der Waals surface area contributed by atoms with Crippen LogP contribution in [0.25, 0.3) is 0 Å². The maximum Gasteiger partial charge on any atom is 0.323 e. The minimum atomic E-state index is -1.19. The van der Waals surface area contributed by atoms with Crippen LogP contribution in [0.4, 0.5) is 0 Å². The number of carboxylic acid groups (broad SMARTS) is 1. The van der Waals surface area contributed by atoms with E-state index in [9.17, 15) is 4.79 Å². The molecule has 2 atom stereocenters. The van der Waals surface area contributed by atoms with Gasteiger partial charge >= 0.3 is 5.97 Å². The van der Waals surface area contributed by atoms with Gasteiger partial charge in [-0.1, -0.05) is 0 Å². The molecule has 0 aliphatic carbocycles. The second-order valence-electron chi connectivity index (χ2n) is 2.36. The number of nitrogens with two attached hydrogens (primary N) is 2. The van der Waals surface area contributed by atoms with Gasteiger partial charge in [0.25, 0.3) is 0 Å². The summed E-state index contributed by atoms with van der Waals surface area (Å²) in [6, 6.07) is -1.19. The molecule has 0 saturated heterocycles. The minimum Gasteiger partial charge on any atom is -0.480 e. The molecule has 0 heterocycles. The average Bonchev–Trinajstić information content (AvgIpc) is 1.98. The minimum absolute atomic E-state index is 0. The van der Waals surface area contributed by atoms with Gasteiger partial charge in [-0.3, -0.25) is 4.79 Å². The molecule has 0 aliphatic rings. The molecular weight excluding hydrogens is 228 g/mol. The van der Waals surface area contributed by atoms with Gasteiger partial charge < -0.3 is 21.7 Å². The molecule has 0 spiro atoms. The predicted octanol–water partition coefficient (Wildman–Crippen LogP) is -0.924. The molecule has 0 radical (unpaired) electrons. The van der Waals surface area contributed by atoms with E-state index >= 15 is 0 Å². The van der Waals surface area contributed by atoms with Crippen molar-refractivity contribution >= 4 is 23.0 Å². The molecule has 74 valence electrons. The van der Waals surface area contributed by atoms with E-state index < -0.39 is 18.1 Å². The first-order chi connectivity index (χ1) is 5.09. The maximum absolute atomic E-state index is 10.2. The van der Waals surface area contributed by atoms with Crippen molar-refractivity contribution in [3.8, 4) is 0 Å². The van der Waals surface area contributed by atoms with Gasteiger partial charge in [-0.05, 0) is 19.4 Å². The van der Waals surface area contributed by atoms with Gasteiger partial charge in [0.1, 0.15) is 6.04 Å². The highest BCUT2D eigenvalue weighted by Crippen LogP contribution is 1.99. The number of carboxylic acids is 1. The lowest BCUT2D eigenvalue weighted by Crippen LogP contribution is -2.41. The van der Waals surface area contributed by atoms with Gasteiger partial charge in [-0.15, -0.1) is 17.0 Å². The molecule has 6 N–H and O–H groups in total. The second kappa shape index (κ2) is 7.48. The van der Waals surface area contributed by atoms with Crippen LogP contribution in [0.2, 0.25) is 0 Å². The van der Waals surface area contributed by atoms with Crippen LogP contribution in [0.3, 0.4) is 0 Å². The fraction of sp³-hybridized carbons (Fsp3) is 0.833. The molecule has 6 heteroatoms. The molecule has 0 aromatic rings. The summed E-state index contributed by atoms with van der Waals surface area (Å²) in [6.07, 6.45) is -0.0670. The lowest BCUT2D eigenvalue weighted by molar-refractivity contribution is -0.141. The third kappa shape index (κ3) is 5.48. The van der Waals surface area contributed by atoms with Gasteiger partial charge in [-0.2, -0.15) is 0 Å². The van der Waals surface area contributed by atoms with Crippen LogP contribution in [0, 0.1) is 0 Å². The Hall–Kier alpha value is -0.170. The summed E-state index contributed by atoms with van der Waals surface area (Å²) in [4.78, 5) is 10.2. The molecular formula is C6H15BrN2O3. The first-order valence-corrected chi connectivity index (χ1v) is 3.46. The number of rotatable bonds is 5. The second-order valence-corrected chi connectivity index (χ2v) is 2.36.